The molecule has 0 aromatic carbocycles. The van der Waals surface area contributed by atoms with E-state index >= 15 is 0 Å². The van der Waals surface area contributed by atoms with E-state index in [4.69, 9.17) is 4.42 Å². The Labute approximate surface area is 110 Å². The largest absolute Gasteiger partial charge is 0.443 e. The first-order valence-electron chi connectivity index (χ1n) is 6.26. The molecular weight excluding hydrogens is 246 g/mol. The van der Waals surface area contributed by atoms with Crippen molar-refractivity contribution in [3.05, 3.63) is 28.0 Å². The average molecular weight is 263 g/mol. The molecule has 0 bridgehead atoms. The van der Waals surface area contributed by atoms with Gasteiger partial charge in [0.25, 0.3) is 5.56 Å². The molecule has 0 fully saturated rings. The van der Waals surface area contributed by atoms with Gasteiger partial charge < -0.3 is 9.73 Å². The lowest BCUT2D eigenvalue weighted by atomic mass is 10.2. The quantitative estimate of drug-likeness (QED) is 0.897. The highest BCUT2D eigenvalue weighted by Gasteiger charge is 2.13. The molecule has 6 nitrogen and oxygen atoms in total. The van der Waals surface area contributed by atoms with E-state index in [9.17, 15) is 9.59 Å². The summed E-state index contributed by atoms with van der Waals surface area (Å²) in [6.45, 7) is 6.39. The lowest BCUT2D eigenvalue weighted by Gasteiger charge is -2.05. The van der Waals surface area contributed by atoms with Gasteiger partial charge in [-0.1, -0.05) is 0 Å². The second-order valence-electron chi connectivity index (χ2n) is 4.41. The van der Waals surface area contributed by atoms with Crippen LogP contribution in [-0.2, 0) is 11.3 Å². The highest BCUT2D eigenvalue weighted by molar-refractivity contribution is 5.77. The maximum Gasteiger partial charge on any atom is 0.264 e. The van der Waals surface area contributed by atoms with Gasteiger partial charge in [0.05, 0.1) is 0 Å². The van der Waals surface area contributed by atoms with Crippen LogP contribution in [0.25, 0.3) is 11.1 Å². The Morgan fingerprint density at radius 3 is 2.89 bits per heavy atom. The van der Waals surface area contributed by atoms with Crippen LogP contribution < -0.4 is 10.9 Å². The van der Waals surface area contributed by atoms with Gasteiger partial charge in [0, 0.05) is 25.1 Å². The summed E-state index contributed by atoms with van der Waals surface area (Å²) < 4.78 is 6.84. The van der Waals surface area contributed by atoms with E-state index in [1.165, 1.54) is 10.9 Å². The normalized spacial score (nSPS) is 10.9. The number of furan rings is 1. The number of hydrogen-bond donors (Lipinski definition) is 1. The molecular formula is C13H17N3O3. The number of aryl methyl sites for hydroxylation is 3. The SMILES string of the molecule is CCNC(=O)CCn1cnc2oc(C)c(C)c2c1=O. The van der Waals surface area contributed by atoms with Gasteiger partial charge in [0.1, 0.15) is 17.5 Å². The third kappa shape index (κ3) is 2.52. The number of hydrogen-bond acceptors (Lipinski definition) is 4. The molecule has 1 N–H and O–H groups in total. The van der Waals surface area contributed by atoms with Gasteiger partial charge >= 0.3 is 0 Å². The van der Waals surface area contributed by atoms with Crippen molar-refractivity contribution < 1.29 is 9.21 Å². The molecule has 0 saturated heterocycles. The van der Waals surface area contributed by atoms with Crippen molar-refractivity contribution >= 4 is 17.0 Å². The highest BCUT2D eigenvalue weighted by atomic mass is 16.3. The van der Waals surface area contributed by atoms with Gasteiger partial charge in [-0.2, -0.15) is 0 Å². The summed E-state index contributed by atoms with van der Waals surface area (Å²) >= 11 is 0. The molecule has 2 aromatic heterocycles. The molecule has 2 aromatic rings. The summed E-state index contributed by atoms with van der Waals surface area (Å²) in [7, 11) is 0. The summed E-state index contributed by atoms with van der Waals surface area (Å²) in [6, 6.07) is 0. The van der Waals surface area contributed by atoms with E-state index in [1.807, 2.05) is 13.8 Å². The number of nitrogens with one attached hydrogen (secondary N) is 1. The van der Waals surface area contributed by atoms with E-state index in [0.29, 0.717) is 29.9 Å². The third-order valence-corrected chi connectivity index (χ3v) is 3.11. The number of aromatic nitrogens is 2. The molecule has 0 saturated carbocycles. The van der Waals surface area contributed by atoms with Gasteiger partial charge in [-0.3, -0.25) is 14.2 Å². The van der Waals surface area contributed by atoms with Crippen LogP contribution in [0.2, 0.25) is 0 Å². The maximum absolute atomic E-state index is 12.3. The van der Waals surface area contributed by atoms with E-state index in [1.54, 1.807) is 6.92 Å². The monoisotopic (exact) mass is 263 g/mol. The minimum absolute atomic E-state index is 0.0745. The zero-order valence-electron chi connectivity index (χ0n) is 11.3. The molecule has 0 spiro atoms. The Morgan fingerprint density at radius 1 is 1.47 bits per heavy atom. The molecule has 0 aliphatic rings. The Hall–Kier alpha value is -2.11. The fourth-order valence-corrected chi connectivity index (χ4v) is 1.94. The zero-order chi connectivity index (χ0) is 14.0. The predicted octanol–water partition coefficient (Wildman–Crippen LogP) is 1.13. The lowest BCUT2D eigenvalue weighted by molar-refractivity contribution is -0.121. The van der Waals surface area contributed by atoms with Crippen LogP contribution in [0.5, 0.6) is 0 Å². The summed E-state index contributed by atoms with van der Waals surface area (Å²) in [5, 5.41) is 3.19. The average Bonchev–Trinajstić information content (AvgIpc) is 2.65. The third-order valence-electron chi connectivity index (χ3n) is 3.11. The van der Waals surface area contributed by atoms with Gasteiger partial charge in [0.15, 0.2) is 0 Å². The van der Waals surface area contributed by atoms with Gasteiger partial charge in [-0.05, 0) is 20.8 Å². The molecule has 19 heavy (non-hydrogen) atoms. The molecule has 0 radical (unpaired) electrons. The van der Waals surface area contributed by atoms with E-state index in [0.717, 1.165) is 5.56 Å². The summed E-state index contributed by atoms with van der Waals surface area (Å²) in [5.74, 6) is 0.621. The van der Waals surface area contributed by atoms with E-state index in [2.05, 4.69) is 10.3 Å². The highest BCUT2D eigenvalue weighted by Crippen LogP contribution is 2.18. The molecule has 2 rings (SSSR count). The number of fused-ring (bicyclic) bond motifs is 1. The van der Waals surface area contributed by atoms with E-state index < -0.39 is 0 Å². The topological polar surface area (TPSA) is 77.1 Å². The first-order chi connectivity index (χ1) is 9.04. The Morgan fingerprint density at radius 2 is 2.21 bits per heavy atom. The molecule has 0 aliphatic carbocycles. The van der Waals surface area contributed by atoms with Crippen LogP contribution >= 0.6 is 0 Å². The van der Waals surface area contributed by atoms with Crippen molar-refractivity contribution in [3.63, 3.8) is 0 Å². The van der Waals surface area contributed by atoms with Gasteiger partial charge in [0.2, 0.25) is 11.6 Å². The maximum atomic E-state index is 12.3. The standard InChI is InChI=1S/C13H17N3O3/c1-4-14-10(17)5-6-16-7-15-12-11(13(16)18)8(2)9(3)19-12/h7H,4-6H2,1-3H3,(H,14,17). The Balaban J connectivity index is 2.30. The number of rotatable bonds is 4. The van der Waals surface area contributed by atoms with Gasteiger partial charge in [-0.15, -0.1) is 0 Å². The van der Waals surface area contributed by atoms with Crippen LogP contribution in [0, 0.1) is 13.8 Å². The van der Waals surface area contributed by atoms with Crippen molar-refractivity contribution in [1.82, 2.24) is 14.9 Å². The minimum Gasteiger partial charge on any atom is -0.443 e. The molecule has 102 valence electrons. The van der Waals surface area contributed by atoms with Crippen molar-refractivity contribution in [2.45, 2.75) is 33.7 Å². The Kier molecular flexibility index (Phi) is 3.69. The van der Waals surface area contributed by atoms with Crippen LogP contribution in [0.1, 0.15) is 24.7 Å². The smallest absolute Gasteiger partial charge is 0.264 e. The van der Waals surface area contributed by atoms with Crippen molar-refractivity contribution in [2.24, 2.45) is 0 Å². The minimum atomic E-state index is -0.163. The molecule has 0 aliphatic heterocycles. The van der Waals surface area contributed by atoms with Crippen LogP contribution in [-0.4, -0.2) is 22.0 Å². The van der Waals surface area contributed by atoms with E-state index in [-0.39, 0.29) is 17.9 Å². The number of carbonyl (C=O) groups is 1. The summed E-state index contributed by atoms with van der Waals surface area (Å²) in [6.07, 6.45) is 1.68. The predicted molar refractivity (Wildman–Crippen MR) is 71.0 cm³/mol. The number of carbonyl (C=O) groups excluding carboxylic acids is 1. The fraction of sp³-hybridized carbons (Fsp3) is 0.462. The summed E-state index contributed by atoms with van der Waals surface area (Å²) in [4.78, 5) is 27.8. The number of nitrogens with zero attached hydrogens (tertiary/aromatic N) is 2. The second-order valence-corrected chi connectivity index (χ2v) is 4.41. The molecule has 2 heterocycles. The molecule has 0 unspecified atom stereocenters. The van der Waals surface area contributed by atoms with Crippen LogP contribution in [0.4, 0.5) is 0 Å². The lowest BCUT2D eigenvalue weighted by Crippen LogP contribution is -2.27. The van der Waals surface area contributed by atoms with Crippen molar-refractivity contribution in [1.29, 1.82) is 0 Å². The van der Waals surface area contributed by atoms with Crippen molar-refractivity contribution in [2.75, 3.05) is 6.54 Å². The molecule has 0 atom stereocenters. The number of amides is 1. The zero-order valence-corrected chi connectivity index (χ0v) is 11.3. The van der Waals surface area contributed by atoms with Crippen molar-refractivity contribution in [3.8, 4) is 0 Å². The summed E-state index contributed by atoms with van der Waals surface area (Å²) in [5.41, 5.74) is 0.998. The first-order valence-corrected chi connectivity index (χ1v) is 6.26. The van der Waals surface area contributed by atoms with Crippen LogP contribution in [0.3, 0.4) is 0 Å². The second kappa shape index (κ2) is 5.26. The molecule has 6 heteroatoms. The molecule has 1 amide bonds. The Bertz CT molecular complexity index is 670. The fourth-order valence-electron chi connectivity index (χ4n) is 1.94. The van der Waals surface area contributed by atoms with Crippen LogP contribution in [0.15, 0.2) is 15.5 Å². The first kappa shape index (κ1) is 13.3. The van der Waals surface area contributed by atoms with Gasteiger partial charge in [-0.25, -0.2) is 4.98 Å².